The van der Waals surface area contributed by atoms with Crippen molar-refractivity contribution < 1.29 is 15.7 Å². The molecule has 5 heteroatoms. The van der Waals surface area contributed by atoms with Crippen molar-refractivity contribution in [3.63, 3.8) is 0 Å². The molecule has 2 N–H and O–H groups in total. The van der Waals surface area contributed by atoms with Crippen LogP contribution in [0.4, 0.5) is 4.79 Å². The third-order valence-electron chi connectivity index (χ3n) is 3.54. The minimum absolute atomic E-state index is 0. The first-order valence-corrected chi connectivity index (χ1v) is 7.69. The summed E-state index contributed by atoms with van der Waals surface area (Å²) in [5.41, 5.74) is 4.26. The number of nitrogens with zero attached hydrogens (tertiary/aromatic N) is 1. The van der Waals surface area contributed by atoms with E-state index >= 15 is 0 Å². The molecule has 0 aromatic carbocycles. The highest BCUT2D eigenvalue weighted by molar-refractivity contribution is 5.65. The molecular formula is C15H32N2O3. The van der Waals surface area contributed by atoms with Gasteiger partial charge in [-0.3, -0.25) is 4.90 Å². The number of carbonyl (C=O) groups excluding carboxylic acids is 1. The topological polar surface area (TPSA) is 64.8 Å². The lowest BCUT2D eigenvalue weighted by atomic mass is 9.94. The molecule has 0 atom stereocenters. The number of morpholine rings is 1. The monoisotopic (exact) mass is 288 g/mol. The van der Waals surface area contributed by atoms with Crippen LogP contribution >= 0.6 is 0 Å². The zero-order chi connectivity index (χ0) is 15.0. The van der Waals surface area contributed by atoms with E-state index < -0.39 is 11.7 Å². The number of nitrogens with two attached hydrogens (primary N) is 1. The lowest BCUT2D eigenvalue weighted by molar-refractivity contribution is 0.00858. The van der Waals surface area contributed by atoms with Crippen LogP contribution in [0.15, 0.2) is 0 Å². The van der Waals surface area contributed by atoms with Crippen molar-refractivity contribution in [3.8, 4) is 0 Å². The Balaban J connectivity index is 0.000000397. The van der Waals surface area contributed by atoms with Crippen molar-refractivity contribution in [2.75, 3.05) is 26.3 Å². The van der Waals surface area contributed by atoms with Crippen LogP contribution in [0.3, 0.4) is 0 Å². The average Bonchev–Trinajstić information content (AvgIpc) is 2.39. The molecule has 0 radical (unpaired) electrons. The normalized spacial score (nSPS) is 21.8. The number of ether oxygens (including phenoxy) is 2. The van der Waals surface area contributed by atoms with Gasteiger partial charge in [-0.2, -0.15) is 0 Å². The molecular weight excluding hydrogens is 256 g/mol. The van der Waals surface area contributed by atoms with Gasteiger partial charge in [0.1, 0.15) is 5.60 Å². The molecule has 1 saturated heterocycles. The fourth-order valence-electron chi connectivity index (χ4n) is 2.69. The molecule has 0 aromatic heterocycles. The number of hydrogen-bond acceptors (Lipinski definition) is 4. The van der Waals surface area contributed by atoms with Crippen LogP contribution in [0.2, 0.25) is 0 Å². The molecule has 0 aromatic rings. The Kier molecular flexibility index (Phi) is 7.30. The summed E-state index contributed by atoms with van der Waals surface area (Å²) in [6, 6.07) is 0.891. The molecule has 1 saturated carbocycles. The van der Waals surface area contributed by atoms with Crippen molar-refractivity contribution in [1.82, 2.24) is 4.90 Å². The van der Waals surface area contributed by atoms with Gasteiger partial charge in [-0.1, -0.05) is 19.3 Å². The first-order chi connectivity index (χ1) is 9.38. The molecule has 2 aliphatic rings. The Hall–Kier alpha value is -0.810. The number of rotatable bonds is 1. The van der Waals surface area contributed by atoms with Gasteiger partial charge in [-0.05, 0) is 33.6 Å². The van der Waals surface area contributed by atoms with E-state index in [4.69, 9.17) is 10.5 Å². The lowest BCUT2D eigenvalue weighted by Gasteiger charge is -2.36. The first-order valence-electron chi connectivity index (χ1n) is 7.69. The fourth-order valence-corrected chi connectivity index (χ4v) is 2.69. The molecule has 0 spiro atoms. The third-order valence-corrected chi connectivity index (χ3v) is 3.54. The Labute approximate surface area is 124 Å². The zero-order valence-electron chi connectivity index (χ0n) is 13.2. The standard InChI is InChI=1S/C10H19NO.C5H11NO2.H2/c1-2-4-10(5-3-1)11-6-8-12-9-7-11;1-5(2,3)8-4(6)7;/h10H,1-9H2;1-3H3,(H2,6,7);1H. The summed E-state index contributed by atoms with van der Waals surface area (Å²) in [5.74, 6) is 0. The Bertz CT molecular complexity index is 267. The lowest BCUT2D eigenvalue weighted by Crippen LogP contribution is -2.44. The Morgan fingerprint density at radius 3 is 2.15 bits per heavy atom. The van der Waals surface area contributed by atoms with Crippen molar-refractivity contribution >= 4 is 6.09 Å². The highest BCUT2D eigenvalue weighted by Gasteiger charge is 2.22. The summed E-state index contributed by atoms with van der Waals surface area (Å²) in [7, 11) is 0. The van der Waals surface area contributed by atoms with Crippen LogP contribution in [-0.4, -0.2) is 48.9 Å². The maximum atomic E-state index is 10.0. The average molecular weight is 288 g/mol. The predicted octanol–water partition coefficient (Wildman–Crippen LogP) is 2.78. The molecule has 0 bridgehead atoms. The SMILES string of the molecule is C1CCC(N2CCOCC2)CC1.CC(C)(C)OC(N)=O.[HH]. The highest BCUT2D eigenvalue weighted by Crippen LogP contribution is 2.22. The summed E-state index contributed by atoms with van der Waals surface area (Å²) in [5, 5.41) is 0. The van der Waals surface area contributed by atoms with E-state index in [-0.39, 0.29) is 1.43 Å². The summed E-state index contributed by atoms with van der Waals surface area (Å²) >= 11 is 0. The first kappa shape index (κ1) is 17.2. The molecule has 120 valence electrons. The van der Waals surface area contributed by atoms with Crippen molar-refractivity contribution in [2.45, 2.75) is 64.5 Å². The number of carbonyl (C=O) groups is 1. The highest BCUT2D eigenvalue weighted by atomic mass is 16.6. The van der Waals surface area contributed by atoms with Gasteiger partial charge in [-0.15, -0.1) is 0 Å². The maximum absolute atomic E-state index is 10.0. The molecule has 2 fully saturated rings. The summed E-state index contributed by atoms with van der Waals surface area (Å²) in [6.07, 6.45) is 6.49. The van der Waals surface area contributed by atoms with Gasteiger partial charge in [0.15, 0.2) is 0 Å². The molecule has 1 heterocycles. The van der Waals surface area contributed by atoms with Crippen molar-refractivity contribution in [3.05, 3.63) is 0 Å². The van der Waals surface area contributed by atoms with E-state index in [2.05, 4.69) is 9.64 Å². The molecule has 5 nitrogen and oxygen atoms in total. The zero-order valence-corrected chi connectivity index (χ0v) is 13.2. The Morgan fingerprint density at radius 2 is 1.75 bits per heavy atom. The van der Waals surface area contributed by atoms with Gasteiger partial charge < -0.3 is 15.2 Å². The van der Waals surface area contributed by atoms with Crippen LogP contribution in [0, 0.1) is 0 Å². The minimum atomic E-state index is -0.725. The minimum Gasteiger partial charge on any atom is -0.444 e. The summed E-state index contributed by atoms with van der Waals surface area (Å²) in [6.45, 7) is 9.54. The van der Waals surface area contributed by atoms with Gasteiger partial charge in [0.05, 0.1) is 13.2 Å². The summed E-state index contributed by atoms with van der Waals surface area (Å²) < 4.78 is 9.93. The summed E-state index contributed by atoms with van der Waals surface area (Å²) in [4.78, 5) is 12.6. The van der Waals surface area contributed by atoms with Crippen LogP contribution in [0.5, 0.6) is 0 Å². The van der Waals surface area contributed by atoms with E-state index in [0.717, 1.165) is 19.3 Å². The van der Waals surface area contributed by atoms with E-state index in [1.54, 1.807) is 20.8 Å². The Morgan fingerprint density at radius 1 is 1.20 bits per heavy atom. The number of primary amides is 1. The van der Waals surface area contributed by atoms with Crippen molar-refractivity contribution in [2.24, 2.45) is 5.73 Å². The van der Waals surface area contributed by atoms with Crippen molar-refractivity contribution in [1.29, 1.82) is 0 Å². The van der Waals surface area contributed by atoms with Crippen LogP contribution < -0.4 is 5.73 Å². The van der Waals surface area contributed by atoms with Gasteiger partial charge in [0, 0.05) is 20.6 Å². The number of amides is 1. The molecule has 2 rings (SSSR count). The largest absolute Gasteiger partial charge is 0.444 e. The predicted molar refractivity (Wildman–Crippen MR) is 81.8 cm³/mol. The van der Waals surface area contributed by atoms with Gasteiger partial charge in [0.2, 0.25) is 0 Å². The van der Waals surface area contributed by atoms with E-state index in [1.807, 2.05) is 0 Å². The van der Waals surface area contributed by atoms with Crippen LogP contribution in [0.1, 0.15) is 54.3 Å². The van der Waals surface area contributed by atoms with E-state index in [9.17, 15) is 4.79 Å². The van der Waals surface area contributed by atoms with E-state index in [0.29, 0.717) is 0 Å². The van der Waals surface area contributed by atoms with Gasteiger partial charge in [-0.25, -0.2) is 4.79 Å². The molecule has 1 aliphatic carbocycles. The van der Waals surface area contributed by atoms with Gasteiger partial charge in [0.25, 0.3) is 0 Å². The van der Waals surface area contributed by atoms with Crippen LogP contribution in [-0.2, 0) is 9.47 Å². The molecule has 1 amide bonds. The second-order valence-corrected chi connectivity index (χ2v) is 6.47. The fraction of sp³-hybridized carbons (Fsp3) is 0.933. The molecule has 20 heavy (non-hydrogen) atoms. The third kappa shape index (κ3) is 7.70. The quantitative estimate of drug-likeness (QED) is 0.806. The maximum Gasteiger partial charge on any atom is 0.405 e. The molecule has 0 unspecified atom stereocenters. The van der Waals surface area contributed by atoms with Gasteiger partial charge >= 0.3 is 6.09 Å². The smallest absolute Gasteiger partial charge is 0.405 e. The van der Waals surface area contributed by atoms with Crippen LogP contribution in [0.25, 0.3) is 0 Å². The molecule has 1 aliphatic heterocycles. The second kappa shape index (κ2) is 8.47. The number of hydrogen-bond donors (Lipinski definition) is 1. The second-order valence-electron chi connectivity index (χ2n) is 6.47. The van der Waals surface area contributed by atoms with E-state index in [1.165, 1.54) is 45.2 Å².